The molecule has 13 heteroatoms. The van der Waals surface area contributed by atoms with Gasteiger partial charge in [-0.3, -0.25) is 14.5 Å². The number of anilines is 1. The fourth-order valence-corrected chi connectivity index (χ4v) is 9.88. The number of allylic oxidation sites excluding steroid dienone is 2. The van der Waals surface area contributed by atoms with E-state index in [0.717, 1.165) is 62.4 Å². The third-order valence-corrected chi connectivity index (χ3v) is 14.0. The predicted octanol–water partition coefficient (Wildman–Crippen LogP) is 5.50. The molecule has 2 bridgehead atoms. The molecule has 8 rings (SSSR count). The smallest absolute Gasteiger partial charge is 0.410 e. The summed E-state index contributed by atoms with van der Waals surface area (Å²) in [5.41, 5.74) is 3.22. The number of ketones is 1. The zero-order chi connectivity index (χ0) is 35.9. The molecule has 2 N–H and O–H groups in total. The number of sulfonamides is 1. The SMILES string of the molecule is C.C[C@@H]1[C@@H](C)C/C=C/C(=O)[C@@H]2CC[C@H]2CN2C[C@@]3(CCCc4cc(Cl)ccc43)COc3ccc(cc32)C(=O)NS1(=O)=O.O=C1OC[C@@H]2CNCCN12. The van der Waals surface area contributed by atoms with E-state index in [0.29, 0.717) is 44.5 Å². The van der Waals surface area contributed by atoms with Gasteiger partial charge in [0.2, 0.25) is 10.0 Å². The molecule has 3 fully saturated rings. The van der Waals surface area contributed by atoms with Gasteiger partial charge in [0, 0.05) is 54.6 Å². The summed E-state index contributed by atoms with van der Waals surface area (Å²) in [4.78, 5) is 41.5. The van der Waals surface area contributed by atoms with Crippen molar-refractivity contribution in [1.29, 1.82) is 0 Å². The Hall–Kier alpha value is -3.61. The van der Waals surface area contributed by atoms with Crippen LogP contribution >= 0.6 is 11.6 Å². The topological polar surface area (TPSA) is 134 Å². The fourth-order valence-electron chi connectivity index (χ4n) is 8.40. The van der Waals surface area contributed by atoms with E-state index in [4.69, 9.17) is 21.1 Å². The van der Waals surface area contributed by atoms with Crippen LogP contribution in [0, 0.1) is 17.8 Å². The highest BCUT2D eigenvalue weighted by Crippen LogP contribution is 2.46. The van der Waals surface area contributed by atoms with Crippen molar-refractivity contribution in [3.63, 3.8) is 0 Å². The number of nitrogens with zero attached hydrogens (tertiary/aromatic N) is 2. The first kappa shape index (κ1) is 38.1. The third-order valence-electron chi connectivity index (χ3n) is 11.8. The van der Waals surface area contributed by atoms with E-state index >= 15 is 0 Å². The molecule has 6 aliphatic rings. The summed E-state index contributed by atoms with van der Waals surface area (Å²) in [6, 6.07) is 11.6. The number of carbonyl (C=O) groups excluding carboxylic acids is 3. The molecule has 2 saturated heterocycles. The molecule has 4 heterocycles. The average Bonchev–Trinajstić information content (AvgIpc) is 3.40. The first-order valence-corrected chi connectivity index (χ1v) is 20.1. The molecule has 0 radical (unpaired) electrons. The van der Waals surface area contributed by atoms with Gasteiger partial charge in [-0.25, -0.2) is 17.9 Å². The maximum absolute atomic E-state index is 13.3. The van der Waals surface area contributed by atoms with Crippen LogP contribution in [0.1, 0.15) is 74.9 Å². The van der Waals surface area contributed by atoms with Gasteiger partial charge in [-0.1, -0.05) is 38.1 Å². The number of fused-ring (bicyclic) bond motifs is 5. The minimum Gasteiger partial charge on any atom is -0.490 e. The lowest BCUT2D eigenvalue weighted by Crippen LogP contribution is -2.49. The van der Waals surface area contributed by atoms with Crippen LogP contribution in [0.4, 0.5) is 10.5 Å². The maximum Gasteiger partial charge on any atom is 0.410 e. The Balaban J connectivity index is 0.000000362. The quantitative estimate of drug-likeness (QED) is 0.358. The van der Waals surface area contributed by atoms with E-state index in [1.54, 1.807) is 42.2 Å². The van der Waals surface area contributed by atoms with Crippen molar-refractivity contribution in [2.45, 2.75) is 76.5 Å². The van der Waals surface area contributed by atoms with Crippen molar-refractivity contribution in [3.8, 4) is 5.75 Å². The standard InChI is InChI=1S/C32H37ClN2O5S.C6H10N2O2.CH4/c1-20-5-3-7-29(36)26-11-8-24(26)17-35-18-32(14-4-6-22-15-25(33)10-12-27(22)32)19-40-30-13-9-23(16-28(30)35)31(37)34-41(38,39)21(20)2;9-6-8-2-1-7-3-5(8)4-10-6;/h3,7,9-10,12-13,15-16,20-21,24,26H,4-6,8,11,14,17-19H2,1-2H3,(H,34,37);5,7H,1-4H2;1H4/b7-3+;;/t20-,21+,24-,26+,32-;5-;/m00./s1. The van der Waals surface area contributed by atoms with Gasteiger partial charge in [0.25, 0.3) is 5.91 Å². The number of hydrogen-bond donors (Lipinski definition) is 2. The van der Waals surface area contributed by atoms with E-state index in [9.17, 15) is 22.8 Å². The van der Waals surface area contributed by atoms with Gasteiger partial charge in [-0.05, 0) is 105 Å². The van der Waals surface area contributed by atoms with Crippen LogP contribution in [0.2, 0.25) is 5.02 Å². The van der Waals surface area contributed by atoms with E-state index in [2.05, 4.69) is 27.1 Å². The van der Waals surface area contributed by atoms with Crippen molar-refractivity contribution < 1.29 is 32.3 Å². The van der Waals surface area contributed by atoms with Gasteiger partial charge in [0.05, 0.1) is 23.6 Å². The first-order chi connectivity index (χ1) is 24.4. The summed E-state index contributed by atoms with van der Waals surface area (Å²) < 4.78 is 39.9. The molecular formula is C39H51ClN4O7S. The van der Waals surface area contributed by atoms with E-state index in [1.165, 1.54) is 11.1 Å². The van der Waals surface area contributed by atoms with Crippen molar-refractivity contribution in [1.82, 2.24) is 14.9 Å². The Bertz CT molecular complexity index is 1840. The number of rotatable bonds is 0. The third kappa shape index (κ3) is 7.57. The molecule has 4 aliphatic heterocycles. The second kappa shape index (κ2) is 15.4. The molecule has 1 spiro atoms. The van der Waals surface area contributed by atoms with E-state index in [-0.39, 0.29) is 48.0 Å². The number of piperazine rings is 1. The fraction of sp³-hybridized carbons (Fsp3) is 0.564. The molecule has 0 unspecified atom stereocenters. The average molecular weight is 755 g/mol. The first-order valence-electron chi connectivity index (χ1n) is 18.2. The maximum atomic E-state index is 13.3. The van der Waals surface area contributed by atoms with Crippen LogP contribution in [0.5, 0.6) is 5.75 Å². The van der Waals surface area contributed by atoms with E-state index < -0.39 is 21.2 Å². The van der Waals surface area contributed by atoms with Crippen LogP contribution in [0.15, 0.2) is 48.6 Å². The zero-order valence-corrected chi connectivity index (χ0v) is 30.8. The molecule has 0 aromatic heterocycles. The van der Waals surface area contributed by atoms with Crippen molar-refractivity contribution in [2.75, 3.05) is 50.8 Å². The minimum absolute atomic E-state index is 0. The summed E-state index contributed by atoms with van der Waals surface area (Å²) in [6.07, 6.45) is 8.45. The summed E-state index contributed by atoms with van der Waals surface area (Å²) in [5.74, 6) is -0.0319. The zero-order valence-electron chi connectivity index (χ0n) is 29.2. The molecule has 2 aliphatic carbocycles. The van der Waals surface area contributed by atoms with Gasteiger partial charge >= 0.3 is 6.09 Å². The van der Waals surface area contributed by atoms with Crippen molar-refractivity contribution >= 4 is 45.1 Å². The van der Waals surface area contributed by atoms with Crippen LogP contribution in [-0.4, -0.2) is 88.3 Å². The van der Waals surface area contributed by atoms with Gasteiger partial charge in [0.15, 0.2) is 5.78 Å². The van der Waals surface area contributed by atoms with Crippen molar-refractivity contribution in [2.24, 2.45) is 17.8 Å². The Morgan fingerprint density at radius 2 is 1.87 bits per heavy atom. The Morgan fingerprint density at radius 3 is 2.63 bits per heavy atom. The van der Waals surface area contributed by atoms with Gasteiger partial charge in [-0.15, -0.1) is 0 Å². The molecule has 2 aromatic carbocycles. The largest absolute Gasteiger partial charge is 0.490 e. The van der Waals surface area contributed by atoms with Crippen LogP contribution in [0.3, 0.4) is 0 Å². The Labute approximate surface area is 312 Å². The van der Waals surface area contributed by atoms with Gasteiger partial charge < -0.3 is 19.7 Å². The number of benzene rings is 2. The lowest BCUT2D eigenvalue weighted by molar-refractivity contribution is -0.122. The Morgan fingerprint density at radius 1 is 1.04 bits per heavy atom. The highest BCUT2D eigenvalue weighted by Gasteiger charge is 2.44. The highest BCUT2D eigenvalue weighted by atomic mass is 35.5. The molecule has 1 saturated carbocycles. The molecule has 6 atom stereocenters. The number of aryl methyl sites for hydroxylation is 1. The normalized spacial score (nSPS) is 31.4. The molecule has 2 amide bonds. The number of nitrogens with one attached hydrogen (secondary N) is 2. The Kier molecular flexibility index (Phi) is 11.3. The highest BCUT2D eigenvalue weighted by molar-refractivity contribution is 7.90. The van der Waals surface area contributed by atoms with Crippen molar-refractivity contribution in [3.05, 3.63) is 70.3 Å². The number of ether oxygens (including phenoxy) is 2. The number of cyclic esters (lactones) is 1. The van der Waals surface area contributed by atoms with Gasteiger partial charge in [0.1, 0.15) is 12.4 Å². The molecular weight excluding hydrogens is 704 g/mol. The number of hydrogen-bond acceptors (Lipinski definition) is 9. The van der Waals surface area contributed by atoms with Crippen LogP contribution in [0.25, 0.3) is 0 Å². The summed E-state index contributed by atoms with van der Waals surface area (Å²) in [6.45, 7) is 8.36. The monoisotopic (exact) mass is 754 g/mol. The molecule has 282 valence electrons. The molecule has 11 nitrogen and oxygen atoms in total. The van der Waals surface area contributed by atoms with Crippen LogP contribution < -0.4 is 19.7 Å². The number of amides is 2. The van der Waals surface area contributed by atoms with E-state index in [1.807, 2.05) is 13.0 Å². The summed E-state index contributed by atoms with van der Waals surface area (Å²) in [7, 11) is -3.93. The van der Waals surface area contributed by atoms with Crippen LogP contribution in [-0.2, 0) is 31.4 Å². The summed E-state index contributed by atoms with van der Waals surface area (Å²) >= 11 is 6.37. The molecule has 52 heavy (non-hydrogen) atoms. The lowest BCUT2D eigenvalue weighted by atomic mass is 9.68. The second-order valence-electron chi connectivity index (χ2n) is 15.1. The predicted molar refractivity (Wildman–Crippen MR) is 202 cm³/mol. The lowest BCUT2D eigenvalue weighted by Gasteiger charge is -2.44. The minimum atomic E-state index is -3.93. The van der Waals surface area contributed by atoms with Gasteiger partial charge in [-0.2, -0.15) is 0 Å². The molecule has 2 aromatic rings. The number of carbonyl (C=O) groups is 3. The second-order valence-corrected chi connectivity index (χ2v) is 17.5. The summed E-state index contributed by atoms with van der Waals surface area (Å²) in [5, 5.41) is 3.12. The number of halogens is 1.